The first-order chi connectivity index (χ1) is 8.81. The molecule has 0 bridgehead atoms. The summed E-state index contributed by atoms with van der Waals surface area (Å²) in [5.74, 6) is 0. The monoisotopic (exact) mass is 244 g/mol. The lowest BCUT2D eigenvalue weighted by molar-refractivity contribution is 0.232. The topological polar surface area (TPSA) is 15.3 Å². The number of rotatable bonds is 3. The van der Waals surface area contributed by atoms with Crippen LogP contribution in [-0.2, 0) is 19.3 Å². The van der Waals surface area contributed by atoms with E-state index in [1.54, 1.807) is 11.1 Å². The van der Waals surface area contributed by atoms with Gasteiger partial charge in [0, 0.05) is 25.7 Å². The minimum Gasteiger partial charge on any atom is -0.311 e. The van der Waals surface area contributed by atoms with E-state index in [1.807, 2.05) is 0 Å². The number of aryl methyl sites for hydroxylation is 3. The smallest absolute Gasteiger partial charge is 0.0198 e. The number of fused-ring (bicyclic) bond motifs is 1. The lowest BCUT2D eigenvalue weighted by atomic mass is 10.00. The molecule has 1 unspecified atom stereocenters. The average Bonchev–Trinajstić information content (AvgIpc) is 2.84. The van der Waals surface area contributed by atoms with Crippen LogP contribution < -0.4 is 5.32 Å². The first-order valence-corrected chi connectivity index (χ1v) is 7.34. The molecule has 1 atom stereocenters. The molecule has 18 heavy (non-hydrogen) atoms. The third-order valence-corrected chi connectivity index (χ3v) is 4.40. The van der Waals surface area contributed by atoms with E-state index >= 15 is 0 Å². The van der Waals surface area contributed by atoms with Crippen molar-refractivity contribution in [1.82, 2.24) is 10.2 Å². The van der Waals surface area contributed by atoms with Crippen molar-refractivity contribution in [2.75, 3.05) is 26.7 Å². The molecule has 0 saturated carbocycles. The Kier molecular flexibility index (Phi) is 3.67. The van der Waals surface area contributed by atoms with Crippen LogP contribution in [0, 0.1) is 0 Å². The van der Waals surface area contributed by atoms with Gasteiger partial charge in [-0.2, -0.15) is 0 Å². The van der Waals surface area contributed by atoms with Crippen LogP contribution in [0.2, 0.25) is 0 Å². The number of likely N-dealkylation sites (N-methyl/N-ethyl adjacent to an activating group) is 1. The summed E-state index contributed by atoms with van der Waals surface area (Å²) >= 11 is 0. The maximum Gasteiger partial charge on any atom is 0.0198 e. The van der Waals surface area contributed by atoms with Crippen molar-refractivity contribution in [2.24, 2.45) is 0 Å². The Morgan fingerprint density at radius 2 is 2.17 bits per heavy atom. The normalized spacial score (nSPS) is 24.2. The molecule has 98 valence electrons. The van der Waals surface area contributed by atoms with E-state index in [-0.39, 0.29) is 0 Å². The van der Waals surface area contributed by atoms with Gasteiger partial charge in [0.05, 0.1) is 0 Å². The number of hydrogen-bond acceptors (Lipinski definition) is 2. The lowest BCUT2D eigenvalue weighted by Crippen LogP contribution is -2.49. The molecule has 1 aromatic carbocycles. The van der Waals surface area contributed by atoms with Gasteiger partial charge in [-0.15, -0.1) is 0 Å². The van der Waals surface area contributed by atoms with Crippen LogP contribution in [0.4, 0.5) is 0 Å². The first kappa shape index (κ1) is 12.2. The van der Waals surface area contributed by atoms with E-state index in [1.165, 1.54) is 50.8 Å². The number of benzene rings is 1. The molecule has 0 aromatic heterocycles. The largest absolute Gasteiger partial charge is 0.311 e. The van der Waals surface area contributed by atoms with Gasteiger partial charge in [-0.05, 0) is 55.8 Å². The molecule has 1 aliphatic carbocycles. The van der Waals surface area contributed by atoms with Crippen LogP contribution in [-0.4, -0.2) is 37.6 Å². The number of nitrogens with one attached hydrogen (secondary N) is 1. The van der Waals surface area contributed by atoms with E-state index in [4.69, 9.17) is 0 Å². The second-order valence-corrected chi connectivity index (χ2v) is 5.91. The van der Waals surface area contributed by atoms with Crippen molar-refractivity contribution >= 4 is 0 Å². The van der Waals surface area contributed by atoms with Crippen LogP contribution in [0.5, 0.6) is 0 Å². The maximum absolute atomic E-state index is 3.63. The van der Waals surface area contributed by atoms with Crippen LogP contribution in [0.3, 0.4) is 0 Å². The van der Waals surface area contributed by atoms with E-state index in [0.717, 1.165) is 6.54 Å². The van der Waals surface area contributed by atoms with Gasteiger partial charge in [0.2, 0.25) is 0 Å². The number of nitrogens with zero attached hydrogens (tertiary/aromatic N) is 1. The molecule has 1 aromatic rings. The van der Waals surface area contributed by atoms with Gasteiger partial charge in [-0.25, -0.2) is 0 Å². The van der Waals surface area contributed by atoms with Crippen LogP contribution in [0.15, 0.2) is 18.2 Å². The van der Waals surface area contributed by atoms with Crippen LogP contribution >= 0.6 is 0 Å². The third-order valence-electron chi connectivity index (χ3n) is 4.40. The van der Waals surface area contributed by atoms with Gasteiger partial charge in [0.1, 0.15) is 0 Å². The molecule has 3 rings (SSSR count). The third kappa shape index (κ3) is 2.76. The van der Waals surface area contributed by atoms with E-state index in [0.29, 0.717) is 6.04 Å². The Balaban J connectivity index is 1.56. The zero-order valence-electron chi connectivity index (χ0n) is 11.4. The zero-order valence-corrected chi connectivity index (χ0v) is 11.4. The van der Waals surface area contributed by atoms with Crippen molar-refractivity contribution in [2.45, 2.75) is 38.1 Å². The SMILES string of the molecule is CN1CCNC(CCc2ccc3c(c2)CCC3)C1. The van der Waals surface area contributed by atoms with E-state index < -0.39 is 0 Å². The summed E-state index contributed by atoms with van der Waals surface area (Å²) in [5.41, 5.74) is 4.74. The molecule has 0 amide bonds. The molecular weight excluding hydrogens is 220 g/mol. The summed E-state index contributed by atoms with van der Waals surface area (Å²) in [6, 6.07) is 7.83. The molecule has 1 N–H and O–H groups in total. The second-order valence-electron chi connectivity index (χ2n) is 5.91. The average molecular weight is 244 g/mol. The molecule has 2 nitrogen and oxygen atoms in total. The summed E-state index contributed by atoms with van der Waals surface area (Å²) in [6.07, 6.45) is 6.44. The van der Waals surface area contributed by atoms with Crippen molar-refractivity contribution < 1.29 is 0 Å². The fourth-order valence-corrected chi connectivity index (χ4v) is 3.31. The molecule has 1 aliphatic heterocycles. The second kappa shape index (κ2) is 5.41. The van der Waals surface area contributed by atoms with Gasteiger partial charge in [-0.1, -0.05) is 18.2 Å². The van der Waals surface area contributed by atoms with Gasteiger partial charge >= 0.3 is 0 Å². The molecule has 1 heterocycles. The quantitative estimate of drug-likeness (QED) is 0.875. The highest BCUT2D eigenvalue weighted by atomic mass is 15.2. The fourth-order valence-electron chi connectivity index (χ4n) is 3.31. The molecule has 2 heteroatoms. The molecule has 1 saturated heterocycles. The molecule has 0 spiro atoms. The predicted molar refractivity (Wildman–Crippen MR) is 76.1 cm³/mol. The first-order valence-electron chi connectivity index (χ1n) is 7.34. The van der Waals surface area contributed by atoms with Gasteiger partial charge in [0.15, 0.2) is 0 Å². The highest BCUT2D eigenvalue weighted by Crippen LogP contribution is 2.23. The summed E-state index contributed by atoms with van der Waals surface area (Å²) in [7, 11) is 2.23. The zero-order chi connectivity index (χ0) is 12.4. The van der Waals surface area contributed by atoms with Crippen molar-refractivity contribution in [3.05, 3.63) is 34.9 Å². The number of hydrogen-bond donors (Lipinski definition) is 1. The molecular formula is C16H24N2. The van der Waals surface area contributed by atoms with Crippen molar-refractivity contribution in [3.8, 4) is 0 Å². The maximum atomic E-state index is 3.63. The number of piperazine rings is 1. The van der Waals surface area contributed by atoms with Crippen molar-refractivity contribution in [1.29, 1.82) is 0 Å². The van der Waals surface area contributed by atoms with E-state index in [2.05, 4.69) is 35.5 Å². The minimum atomic E-state index is 0.678. The van der Waals surface area contributed by atoms with E-state index in [9.17, 15) is 0 Å². The fraction of sp³-hybridized carbons (Fsp3) is 0.625. The molecule has 0 radical (unpaired) electrons. The summed E-state index contributed by atoms with van der Waals surface area (Å²) in [6.45, 7) is 3.53. The van der Waals surface area contributed by atoms with Gasteiger partial charge in [-0.3, -0.25) is 0 Å². The predicted octanol–water partition coefficient (Wildman–Crippen LogP) is 2.01. The minimum absolute atomic E-state index is 0.678. The summed E-state index contributed by atoms with van der Waals surface area (Å²) in [5, 5.41) is 3.63. The Bertz CT molecular complexity index is 414. The van der Waals surface area contributed by atoms with Crippen molar-refractivity contribution in [3.63, 3.8) is 0 Å². The lowest BCUT2D eigenvalue weighted by Gasteiger charge is -2.31. The highest BCUT2D eigenvalue weighted by Gasteiger charge is 2.16. The Morgan fingerprint density at radius 1 is 1.28 bits per heavy atom. The van der Waals surface area contributed by atoms with Gasteiger partial charge in [0.25, 0.3) is 0 Å². The summed E-state index contributed by atoms with van der Waals surface area (Å²) < 4.78 is 0. The molecule has 1 fully saturated rings. The van der Waals surface area contributed by atoms with Gasteiger partial charge < -0.3 is 10.2 Å². The summed E-state index contributed by atoms with van der Waals surface area (Å²) in [4.78, 5) is 2.43. The standard InChI is InChI=1S/C16H24N2/c1-18-10-9-17-16(12-18)8-6-13-5-7-14-3-2-4-15(14)11-13/h5,7,11,16-17H,2-4,6,8-10,12H2,1H3. The Hall–Kier alpha value is -0.860. The van der Waals surface area contributed by atoms with Crippen LogP contribution in [0.1, 0.15) is 29.5 Å². The molecule has 2 aliphatic rings. The Labute approximate surface area is 110 Å². The Morgan fingerprint density at radius 3 is 3.06 bits per heavy atom. The van der Waals surface area contributed by atoms with Crippen LogP contribution in [0.25, 0.3) is 0 Å². The highest BCUT2D eigenvalue weighted by molar-refractivity contribution is 5.35.